The molecule has 0 aliphatic carbocycles. The first kappa shape index (κ1) is 21.1. The number of ether oxygens (including phenoxy) is 1. The van der Waals surface area contributed by atoms with E-state index in [1.54, 1.807) is 47.3 Å². The van der Waals surface area contributed by atoms with E-state index in [4.69, 9.17) is 9.72 Å². The molecule has 0 bridgehead atoms. The summed E-state index contributed by atoms with van der Waals surface area (Å²) in [4.78, 5) is 35.1. The summed E-state index contributed by atoms with van der Waals surface area (Å²) in [6.45, 7) is 7.52. The monoisotopic (exact) mass is 443 g/mol. The first-order valence-corrected chi connectivity index (χ1v) is 11.9. The molecule has 4 rings (SSSR count). The number of fused-ring (bicyclic) bond motifs is 3. The Balaban J connectivity index is 1.62. The SMILES string of the molecule is CCN1CCc2c(sc3nc(SCC(=O)c4ccc(OC)cc4)n(CC)c(=O)c23)C1. The number of aromatic nitrogens is 2. The average Bonchev–Trinajstić information content (AvgIpc) is 3.15. The summed E-state index contributed by atoms with van der Waals surface area (Å²) < 4.78 is 6.85. The molecule has 6 nitrogen and oxygen atoms in total. The fourth-order valence-electron chi connectivity index (χ4n) is 3.76. The van der Waals surface area contributed by atoms with Crippen LogP contribution in [0.2, 0.25) is 0 Å². The van der Waals surface area contributed by atoms with Crippen LogP contribution in [0, 0.1) is 0 Å². The molecule has 1 aromatic carbocycles. The van der Waals surface area contributed by atoms with Crippen molar-refractivity contribution >= 4 is 39.1 Å². The maximum Gasteiger partial charge on any atom is 0.263 e. The zero-order valence-electron chi connectivity index (χ0n) is 17.4. The number of thioether (sulfide) groups is 1. The molecule has 0 amide bonds. The molecule has 0 unspecified atom stereocenters. The molecule has 0 saturated heterocycles. The molecule has 30 heavy (non-hydrogen) atoms. The molecule has 0 spiro atoms. The molecular formula is C22H25N3O3S2. The van der Waals surface area contributed by atoms with Crippen molar-refractivity contribution < 1.29 is 9.53 Å². The zero-order chi connectivity index (χ0) is 21.3. The topological polar surface area (TPSA) is 64.4 Å². The van der Waals surface area contributed by atoms with E-state index in [9.17, 15) is 9.59 Å². The molecule has 0 N–H and O–H groups in total. The lowest BCUT2D eigenvalue weighted by Crippen LogP contribution is -2.30. The molecule has 3 aromatic rings. The van der Waals surface area contributed by atoms with E-state index in [1.807, 2.05) is 6.92 Å². The number of carbonyl (C=O) groups excluding carboxylic acids is 1. The Hall–Kier alpha value is -2.16. The number of methoxy groups -OCH3 is 1. The van der Waals surface area contributed by atoms with Crippen molar-refractivity contribution in [3.8, 4) is 5.75 Å². The summed E-state index contributed by atoms with van der Waals surface area (Å²) in [6, 6.07) is 7.08. The van der Waals surface area contributed by atoms with E-state index in [1.165, 1.54) is 22.2 Å². The Morgan fingerprint density at radius 1 is 1.23 bits per heavy atom. The number of Topliss-reactive ketones (excluding diaryl/α,β-unsaturated/α-hetero) is 1. The minimum Gasteiger partial charge on any atom is -0.497 e. The van der Waals surface area contributed by atoms with Crippen LogP contribution in [-0.2, 0) is 19.5 Å². The van der Waals surface area contributed by atoms with E-state index in [2.05, 4.69) is 11.8 Å². The Labute approximate surface area is 183 Å². The van der Waals surface area contributed by atoms with Gasteiger partial charge in [-0.1, -0.05) is 18.7 Å². The van der Waals surface area contributed by atoms with Gasteiger partial charge >= 0.3 is 0 Å². The standard InChI is InChI=1S/C22H25N3O3S2/c1-4-24-11-10-16-18(12-24)30-20-19(16)21(27)25(5-2)22(23-20)29-13-17(26)14-6-8-15(28-3)9-7-14/h6-9H,4-5,10-13H2,1-3H3. The van der Waals surface area contributed by atoms with Crippen molar-refractivity contribution in [3.05, 3.63) is 50.6 Å². The van der Waals surface area contributed by atoms with Crippen molar-refractivity contribution in [2.45, 2.75) is 38.5 Å². The largest absolute Gasteiger partial charge is 0.497 e. The Morgan fingerprint density at radius 3 is 2.67 bits per heavy atom. The number of rotatable bonds is 7. The smallest absolute Gasteiger partial charge is 0.263 e. The highest BCUT2D eigenvalue weighted by atomic mass is 32.2. The van der Waals surface area contributed by atoms with Crippen LogP contribution in [0.3, 0.4) is 0 Å². The van der Waals surface area contributed by atoms with Crippen LogP contribution in [0.25, 0.3) is 10.2 Å². The molecular weight excluding hydrogens is 418 g/mol. The van der Waals surface area contributed by atoms with Gasteiger partial charge in [0.2, 0.25) is 0 Å². The second-order valence-electron chi connectivity index (χ2n) is 7.19. The lowest BCUT2D eigenvalue weighted by atomic mass is 10.1. The van der Waals surface area contributed by atoms with Crippen LogP contribution >= 0.6 is 23.1 Å². The molecule has 0 atom stereocenters. The highest BCUT2D eigenvalue weighted by molar-refractivity contribution is 7.99. The quantitative estimate of drug-likeness (QED) is 0.314. The van der Waals surface area contributed by atoms with Gasteiger partial charge in [-0.05, 0) is 49.7 Å². The molecule has 158 valence electrons. The fourth-order valence-corrected chi connectivity index (χ4v) is 6.02. The summed E-state index contributed by atoms with van der Waals surface area (Å²) in [5, 5.41) is 1.39. The van der Waals surface area contributed by atoms with E-state index >= 15 is 0 Å². The predicted molar refractivity (Wildman–Crippen MR) is 122 cm³/mol. The van der Waals surface area contributed by atoms with Crippen LogP contribution in [-0.4, -0.2) is 46.2 Å². The summed E-state index contributed by atoms with van der Waals surface area (Å²) in [6.07, 6.45) is 0.895. The van der Waals surface area contributed by atoms with E-state index < -0.39 is 0 Å². The third-order valence-corrected chi connectivity index (χ3v) is 7.60. The Bertz CT molecular complexity index is 1140. The highest BCUT2D eigenvalue weighted by Crippen LogP contribution is 2.33. The van der Waals surface area contributed by atoms with Crippen molar-refractivity contribution in [1.29, 1.82) is 0 Å². The van der Waals surface area contributed by atoms with Crippen molar-refractivity contribution in [3.63, 3.8) is 0 Å². The lowest BCUT2D eigenvalue weighted by Gasteiger charge is -2.24. The zero-order valence-corrected chi connectivity index (χ0v) is 19.1. The van der Waals surface area contributed by atoms with Gasteiger partial charge in [-0.25, -0.2) is 4.98 Å². The highest BCUT2D eigenvalue weighted by Gasteiger charge is 2.24. The number of nitrogens with zero attached hydrogens (tertiary/aromatic N) is 3. The first-order valence-electron chi connectivity index (χ1n) is 10.1. The van der Waals surface area contributed by atoms with Crippen LogP contribution in [0.15, 0.2) is 34.2 Å². The average molecular weight is 444 g/mol. The van der Waals surface area contributed by atoms with Crippen molar-refractivity contribution in [2.24, 2.45) is 0 Å². The normalized spacial score (nSPS) is 14.1. The second-order valence-corrected chi connectivity index (χ2v) is 9.21. The number of benzene rings is 1. The molecule has 8 heteroatoms. The van der Waals surface area contributed by atoms with Crippen LogP contribution in [0.5, 0.6) is 5.75 Å². The first-order chi connectivity index (χ1) is 14.5. The van der Waals surface area contributed by atoms with Crippen LogP contribution in [0.1, 0.15) is 34.6 Å². The van der Waals surface area contributed by atoms with Gasteiger partial charge in [-0.2, -0.15) is 0 Å². The number of likely N-dealkylation sites (N-methyl/N-ethyl adjacent to an activating group) is 1. The number of hydrogen-bond acceptors (Lipinski definition) is 7. The molecule has 1 aliphatic rings. The third-order valence-electron chi connectivity index (χ3n) is 5.51. The molecule has 2 aromatic heterocycles. The third kappa shape index (κ3) is 3.91. The lowest BCUT2D eigenvalue weighted by molar-refractivity contribution is 0.102. The van der Waals surface area contributed by atoms with Gasteiger partial charge in [0.1, 0.15) is 10.6 Å². The minimum atomic E-state index is 0.00344. The summed E-state index contributed by atoms with van der Waals surface area (Å²) in [5.41, 5.74) is 1.82. The number of ketones is 1. The number of carbonyl (C=O) groups is 1. The molecule has 0 fully saturated rings. The summed E-state index contributed by atoms with van der Waals surface area (Å²) >= 11 is 2.95. The van der Waals surface area contributed by atoms with Gasteiger partial charge in [0.25, 0.3) is 5.56 Å². The van der Waals surface area contributed by atoms with Crippen LogP contribution < -0.4 is 10.3 Å². The summed E-state index contributed by atoms with van der Waals surface area (Å²) in [5.74, 6) is 0.956. The van der Waals surface area contributed by atoms with E-state index in [0.717, 1.165) is 42.0 Å². The molecule has 0 saturated carbocycles. The fraction of sp³-hybridized carbons (Fsp3) is 0.409. The predicted octanol–water partition coefficient (Wildman–Crippen LogP) is 3.84. The van der Waals surface area contributed by atoms with Gasteiger partial charge in [0.15, 0.2) is 10.9 Å². The minimum absolute atomic E-state index is 0.00344. The number of hydrogen-bond donors (Lipinski definition) is 0. The van der Waals surface area contributed by atoms with Gasteiger partial charge in [-0.15, -0.1) is 11.3 Å². The maximum absolute atomic E-state index is 13.3. The van der Waals surface area contributed by atoms with E-state index in [-0.39, 0.29) is 17.1 Å². The van der Waals surface area contributed by atoms with E-state index in [0.29, 0.717) is 17.3 Å². The molecule has 3 heterocycles. The molecule has 1 aliphatic heterocycles. The van der Waals surface area contributed by atoms with Crippen molar-refractivity contribution in [1.82, 2.24) is 14.5 Å². The Morgan fingerprint density at radius 2 is 2.00 bits per heavy atom. The van der Waals surface area contributed by atoms with Gasteiger partial charge in [0.05, 0.1) is 18.2 Å². The summed E-state index contributed by atoms with van der Waals surface area (Å²) in [7, 11) is 1.60. The number of thiophene rings is 1. The van der Waals surface area contributed by atoms with Crippen LogP contribution in [0.4, 0.5) is 0 Å². The molecule has 0 radical (unpaired) electrons. The maximum atomic E-state index is 13.3. The van der Waals surface area contributed by atoms with Gasteiger partial charge in [0, 0.05) is 30.1 Å². The van der Waals surface area contributed by atoms with Crippen molar-refractivity contribution in [2.75, 3.05) is 26.0 Å². The van der Waals surface area contributed by atoms with Gasteiger partial charge < -0.3 is 4.74 Å². The van der Waals surface area contributed by atoms with Gasteiger partial charge in [-0.3, -0.25) is 19.1 Å². The second kappa shape index (κ2) is 8.91. The Kier molecular flexibility index (Phi) is 6.26.